The van der Waals surface area contributed by atoms with E-state index < -0.39 is 22.6 Å². The summed E-state index contributed by atoms with van der Waals surface area (Å²) in [5.74, 6) is -0.993. The molecule has 1 heterocycles. The molecular weight excluding hydrogens is 413 g/mol. The Labute approximate surface area is 175 Å². The smallest absolute Gasteiger partial charge is 0.294 e. The molecule has 0 spiro atoms. The third kappa shape index (κ3) is 3.83. The minimum absolute atomic E-state index is 0.0522. The number of halogens is 3. The van der Waals surface area contributed by atoms with Gasteiger partial charge in [-0.3, -0.25) is 24.6 Å². The second-order valence-electron chi connectivity index (χ2n) is 7.52. The van der Waals surface area contributed by atoms with Crippen LogP contribution in [0.2, 0.25) is 0 Å². The van der Waals surface area contributed by atoms with Gasteiger partial charge in [0, 0.05) is 47.8 Å². The molecule has 1 unspecified atom stereocenters. The van der Waals surface area contributed by atoms with Crippen LogP contribution in [-0.4, -0.2) is 16.6 Å². The van der Waals surface area contributed by atoms with Crippen LogP contribution in [0.25, 0.3) is 0 Å². The number of nitro groups is 1. The number of alkyl halides is 3. The van der Waals surface area contributed by atoms with Gasteiger partial charge in [-0.05, 0) is 42.7 Å². The van der Waals surface area contributed by atoms with Gasteiger partial charge in [-0.25, -0.2) is 0 Å². The Bertz CT molecular complexity index is 1090. The van der Waals surface area contributed by atoms with Crippen molar-refractivity contribution in [2.75, 3.05) is 4.90 Å². The van der Waals surface area contributed by atoms with Crippen LogP contribution in [0.5, 0.6) is 0 Å². The van der Waals surface area contributed by atoms with E-state index in [9.17, 15) is 32.9 Å². The summed E-state index contributed by atoms with van der Waals surface area (Å²) in [5, 5.41) is 10.9. The molecule has 2 aromatic rings. The summed E-state index contributed by atoms with van der Waals surface area (Å²) in [7, 11) is 0. The van der Waals surface area contributed by atoms with Crippen LogP contribution in [-0.2, 0) is 15.8 Å². The number of carbonyl (C=O) groups is 2. The van der Waals surface area contributed by atoms with Crippen molar-refractivity contribution in [2.45, 2.75) is 37.8 Å². The number of rotatable bonds is 3. The molecule has 31 heavy (non-hydrogen) atoms. The fourth-order valence-corrected chi connectivity index (χ4v) is 4.21. The number of Topliss-reactive ketones (excluding diaryl/α,β-unsaturated/α-hetero) is 1. The number of non-ortho nitro benzene ring substituents is 1. The Hall–Kier alpha value is -3.49. The molecule has 0 bridgehead atoms. The number of amides is 1. The third-order valence-electron chi connectivity index (χ3n) is 5.63. The number of nitro benzene ring substituents is 1. The van der Waals surface area contributed by atoms with Crippen molar-refractivity contribution in [1.82, 2.24) is 0 Å². The van der Waals surface area contributed by atoms with Crippen LogP contribution < -0.4 is 4.90 Å². The summed E-state index contributed by atoms with van der Waals surface area (Å²) in [5.41, 5.74) is 0.936. The zero-order valence-electron chi connectivity index (χ0n) is 16.2. The average molecular weight is 430 g/mol. The number of allylic oxidation sites excluding steroid dienone is 2. The van der Waals surface area contributed by atoms with E-state index >= 15 is 0 Å². The van der Waals surface area contributed by atoms with Gasteiger partial charge in [0.15, 0.2) is 5.78 Å². The molecule has 6 nitrogen and oxygen atoms in total. The van der Waals surface area contributed by atoms with E-state index in [1.54, 1.807) is 0 Å². The lowest BCUT2D eigenvalue weighted by Gasteiger charge is -2.38. The Morgan fingerprint density at radius 3 is 2.19 bits per heavy atom. The van der Waals surface area contributed by atoms with Crippen LogP contribution >= 0.6 is 0 Å². The van der Waals surface area contributed by atoms with E-state index in [2.05, 4.69) is 0 Å². The molecule has 4 rings (SSSR count). The average Bonchev–Trinajstić information content (AvgIpc) is 2.73. The van der Waals surface area contributed by atoms with E-state index in [-0.39, 0.29) is 29.5 Å². The second kappa shape index (κ2) is 7.64. The molecule has 1 amide bonds. The number of nitrogens with zero attached hydrogens (tertiary/aromatic N) is 2. The van der Waals surface area contributed by atoms with Gasteiger partial charge in [0.2, 0.25) is 5.91 Å². The normalized spacial score (nSPS) is 19.5. The van der Waals surface area contributed by atoms with E-state index in [0.29, 0.717) is 36.1 Å². The molecule has 1 atom stereocenters. The fraction of sp³-hybridized carbons (Fsp3) is 0.273. The molecule has 2 aromatic carbocycles. The lowest BCUT2D eigenvalue weighted by atomic mass is 9.77. The number of carbonyl (C=O) groups excluding carboxylic acids is 2. The van der Waals surface area contributed by atoms with Crippen molar-refractivity contribution in [1.29, 1.82) is 0 Å². The molecule has 9 heteroatoms. The summed E-state index contributed by atoms with van der Waals surface area (Å²) >= 11 is 0. The van der Waals surface area contributed by atoms with Crippen LogP contribution in [0, 0.1) is 10.1 Å². The lowest BCUT2D eigenvalue weighted by Crippen LogP contribution is -2.40. The SMILES string of the molecule is O=C1CCCC2=C1C(c1ccc([N+](=O)[O-])cc1)CC(=O)N2c1ccc(C(F)(F)F)cc1. The highest BCUT2D eigenvalue weighted by molar-refractivity contribution is 6.07. The maximum Gasteiger partial charge on any atom is 0.416 e. The second-order valence-corrected chi connectivity index (χ2v) is 7.52. The number of hydrogen-bond donors (Lipinski definition) is 0. The van der Waals surface area contributed by atoms with Crippen LogP contribution in [0.4, 0.5) is 24.5 Å². The Balaban J connectivity index is 1.77. The maximum absolute atomic E-state index is 13.0. The summed E-state index contributed by atoms with van der Waals surface area (Å²) in [6.07, 6.45) is -3.25. The predicted octanol–water partition coefficient (Wildman–Crippen LogP) is 5.14. The molecule has 0 N–H and O–H groups in total. The standard InChI is InChI=1S/C22H17F3N2O4/c23-22(24,25)14-6-10-15(11-7-14)26-18-2-1-3-19(28)21(18)17(12-20(26)29)13-4-8-16(9-5-13)27(30)31/h4-11,17H,1-3,12H2. The molecule has 0 fully saturated rings. The third-order valence-corrected chi connectivity index (χ3v) is 5.63. The van der Waals surface area contributed by atoms with Crippen molar-refractivity contribution in [3.05, 3.63) is 81.0 Å². The van der Waals surface area contributed by atoms with Gasteiger partial charge in [0.05, 0.1) is 10.5 Å². The summed E-state index contributed by atoms with van der Waals surface area (Å²) in [4.78, 5) is 37.6. The fourth-order valence-electron chi connectivity index (χ4n) is 4.21. The Morgan fingerprint density at radius 2 is 1.61 bits per heavy atom. The van der Waals surface area contributed by atoms with Crippen molar-refractivity contribution in [3.63, 3.8) is 0 Å². The zero-order chi connectivity index (χ0) is 22.3. The van der Waals surface area contributed by atoms with Crippen LogP contribution in [0.3, 0.4) is 0 Å². The predicted molar refractivity (Wildman–Crippen MR) is 105 cm³/mol. The van der Waals surface area contributed by atoms with Crippen molar-refractivity contribution >= 4 is 23.1 Å². The zero-order valence-corrected chi connectivity index (χ0v) is 16.2. The molecular formula is C22H17F3N2O4. The lowest BCUT2D eigenvalue weighted by molar-refractivity contribution is -0.384. The molecule has 160 valence electrons. The minimum Gasteiger partial charge on any atom is -0.294 e. The quantitative estimate of drug-likeness (QED) is 0.499. The van der Waals surface area contributed by atoms with Gasteiger partial charge in [0.1, 0.15) is 0 Å². The molecule has 1 aliphatic heterocycles. The van der Waals surface area contributed by atoms with Gasteiger partial charge in [-0.2, -0.15) is 13.2 Å². The molecule has 0 radical (unpaired) electrons. The number of hydrogen-bond acceptors (Lipinski definition) is 4. The molecule has 0 saturated heterocycles. The van der Waals surface area contributed by atoms with Gasteiger partial charge in [0.25, 0.3) is 5.69 Å². The van der Waals surface area contributed by atoms with E-state index in [4.69, 9.17) is 0 Å². The maximum atomic E-state index is 13.0. The number of ketones is 1. The van der Waals surface area contributed by atoms with Gasteiger partial charge in [-0.1, -0.05) is 12.1 Å². The van der Waals surface area contributed by atoms with E-state index in [1.807, 2.05) is 0 Å². The first-order chi connectivity index (χ1) is 14.7. The molecule has 0 aromatic heterocycles. The number of benzene rings is 2. The Kier molecular flexibility index (Phi) is 5.12. The number of anilines is 1. The first-order valence-electron chi connectivity index (χ1n) is 9.67. The van der Waals surface area contributed by atoms with E-state index in [0.717, 1.165) is 12.1 Å². The molecule has 0 saturated carbocycles. The van der Waals surface area contributed by atoms with Crippen molar-refractivity contribution in [3.8, 4) is 0 Å². The highest BCUT2D eigenvalue weighted by Crippen LogP contribution is 2.44. The van der Waals surface area contributed by atoms with Crippen molar-refractivity contribution < 1.29 is 27.7 Å². The first kappa shape index (κ1) is 20.8. The summed E-state index contributed by atoms with van der Waals surface area (Å²) in [6, 6.07) is 10.0. The topological polar surface area (TPSA) is 80.5 Å². The van der Waals surface area contributed by atoms with Gasteiger partial charge >= 0.3 is 6.18 Å². The Morgan fingerprint density at radius 1 is 0.968 bits per heavy atom. The highest BCUT2D eigenvalue weighted by atomic mass is 19.4. The minimum atomic E-state index is -4.49. The van der Waals surface area contributed by atoms with Crippen LogP contribution in [0.15, 0.2) is 59.8 Å². The van der Waals surface area contributed by atoms with Crippen molar-refractivity contribution in [2.24, 2.45) is 0 Å². The van der Waals surface area contributed by atoms with Crippen LogP contribution in [0.1, 0.15) is 42.7 Å². The van der Waals surface area contributed by atoms with E-state index in [1.165, 1.54) is 41.3 Å². The first-order valence-corrected chi connectivity index (χ1v) is 9.67. The summed E-state index contributed by atoms with van der Waals surface area (Å²) < 4.78 is 38.7. The summed E-state index contributed by atoms with van der Waals surface area (Å²) in [6.45, 7) is 0. The highest BCUT2D eigenvalue weighted by Gasteiger charge is 2.40. The monoisotopic (exact) mass is 430 g/mol. The largest absolute Gasteiger partial charge is 0.416 e. The van der Waals surface area contributed by atoms with Gasteiger partial charge in [-0.15, -0.1) is 0 Å². The molecule has 2 aliphatic rings. The van der Waals surface area contributed by atoms with Gasteiger partial charge < -0.3 is 0 Å². The molecule has 1 aliphatic carbocycles.